The minimum Gasteiger partial charge on any atom is -0.465 e. The molecular formula is C28H36O11. The van der Waals surface area contributed by atoms with Crippen LogP contribution in [0.25, 0.3) is 0 Å². The van der Waals surface area contributed by atoms with Crippen molar-refractivity contribution in [2.45, 2.75) is 95.6 Å². The third-order valence-electron chi connectivity index (χ3n) is 8.46. The minimum absolute atomic E-state index is 0.0105. The van der Waals surface area contributed by atoms with Crippen LogP contribution >= 0.6 is 0 Å². The Bertz CT molecular complexity index is 1150. The summed E-state index contributed by atoms with van der Waals surface area (Å²) in [5, 5.41) is 23.8. The van der Waals surface area contributed by atoms with Gasteiger partial charge in [-0.15, -0.1) is 0 Å². The molecule has 1 spiro atoms. The first kappa shape index (κ1) is 29.0. The molecule has 1 aromatic carbocycles. The summed E-state index contributed by atoms with van der Waals surface area (Å²) in [6.45, 7) is 7.77. The topological polar surface area (TPSA) is 155 Å². The molecule has 3 fully saturated rings. The standard InChI is InChI=1S/C28H36O11/c1-15(29)35-14-27-19(32)12-13-26(6,34)28(27)22(37-17(3)31)20(25(4,5)39-28)21(36-16(2)30)23(27)38-24(33)18-10-8-7-9-11-18/h7-11,19-23,32,34H,12-14H2,1-6H3/t19-,20+,21+,22+,23+,26-,27-,28-/m0/s1. The molecule has 3 aliphatic rings. The Labute approximate surface area is 226 Å². The van der Waals surface area contributed by atoms with E-state index in [1.54, 1.807) is 32.0 Å². The van der Waals surface area contributed by atoms with Crippen molar-refractivity contribution in [3.8, 4) is 0 Å². The number of carbonyl (C=O) groups is 4. The van der Waals surface area contributed by atoms with Crippen LogP contribution in [0.4, 0.5) is 0 Å². The maximum absolute atomic E-state index is 13.5. The van der Waals surface area contributed by atoms with Crippen molar-refractivity contribution in [2.75, 3.05) is 6.61 Å². The number of ether oxygens (including phenoxy) is 5. The highest BCUT2D eigenvalue weighted by Crippen LogP contribution is 2.68. The van der Waals surface area contributed by atoms with Crippen molar-refractivity contribution in [2.24, 2.45) is 11.3 Å². The largest absolute Gasteiger partial charge is 0.465 e. The van der Waals surface area contributed by atoms with Gasteiger partial charge in [0.2, 0.25) is 0 Å². The van der Waals surface area contributed by atoms with Gasteiger partial charge in [-0.2, -0.15) is 0 Å². The normalized spacial score (nSPS) is 38.2. The van der Waals surface area contributed by atoms with Gasteiger partial charge in [-0.1, -0.05) is 18.2 Å². The van der Waals surface area contributed by atoms with Crippen molar-refractivity contribution >= 4 is 23.9 Å². The molecule has 1 heterocycles. The van der Waals surface area contributed by atoms with Crippen molar-refractivity contribution < 1.29 is 53.1 Å². The van der Waals surface area contributed by atoms with Gasteiger partial charge in [0.25, 0.3) is 0 Å². The molecule has 2 saturated carbocycles. The first-order chi connectivity index (χ1) is 18.1. The molecular weight excluding hydrogens is 512 g/mol. The minimum atomic E-state index is -1.94. The van der Waals surface area contributed by atoms with Gasteiger partial charge in [0.05, 0.1) is 28.8 Å². The van der Waals surface area contributed by atoms with Gasteiger partial charge in [-0.3, -0.25) is 14.4 Å². The second kappa shape index (κ2) is 9.87. The molecule has 2 aliphatic carbocycles. The quantitative estimate of drug-likeness (QED) is 0.394. The lowest BCUT2D eigenvalue weighted by Crippen LogP contribution is -2.83. The van der Waals surface area contributed by atoms with Gasteiger partial charge in [0.15, 0.2) is 6.10 Å². The van der Waals surface area contributed by atoms with E-state index in [1.807, 2.05) is 0 Å². The Balaban J connectivity index is 2.04. The molecule has 11 nitrogen and oxygen atoms in total. The van der Waals surface area contributed by atoms with Crippen LogP contribution in [-0.2, 0) is 38.1 Å². The monoisotopic (exact) mass is 548 g/mol. The molecule has 1 aliphatic heterocycles. The third-order valence-corrected chi connectivity index (χ3v) is 8.46. The molecule has 1 saturated heterocycles. The molecule has 0 radical (unpaired) electrons. The second-order valence-corrected chi connectivity index (χ2v) is 11.4. The van der Waals surface area contributed by atoms with E-state index in [4.69, 9.17) is 23.7 Å². The van der Waals surface area contributed by atoms with Crippen LogP contribution in [0.2, 0.25) is 0 Å². The van der Waals surface area contributed by atoms with Crippen LogP contribution in [0.15, 0.2) is 30.3 Å². The summed E-state index contributed by atoms with van der Waals surface area (Å²) >= 11 is 0. The van der Waals surface area contributed by atoms with Gasteiger partial charge in [-0.25, -0.2) is 4.79 Å². The number of rotatable bonds is 6. The van der Waals surface area contributed by atoms with E-state index in [2.05, 4.69) is 0 Å². The molecule has 1 aromatic rings. The summed E-state index contributed by atoms with van der Waals surface area (Å²) in [6, 6.07) is 8.07. The van der Waals surface area contributed by atoms with Crippen molar-refractivity contribution in [1.82, 2.24) is 0 Å². The molecule has 0 unspecified atom stereocenters. The van der Waals surface area contributed by atoms with E-state index in [1.165, 1.54) is 39.8 Å². The van der Waals surface area contributed by atoms with Crippen LogP contribution in [0.1, 0.15) is 64.7 Å². The van der Waals surface area contributed by atoms with E-state index in [9.17, 15) is 29.4 Å². The van der Waals surface area contributed by atoms with Crippen LogP contribution in [0.5, 0.6) is 0 Å². The number of carbonyl (C=O) groups excluding carboxylic acids is 4. The second-order valence-electron chi connectivity index (χ2n) is 11.4. The van der Waals surface area contributed by atoms with E-state index < -0.39 is 83.0 Å². The molecule has 214 valence electrons. The summed E-state index contributed by atoms with van der Waals surface area (Å²) in [6.07, 6.45) is -5.46. The van der Waals surface area contributed by atoms with Crippen LogP contribution < -0.4 is 0 Å². The summed E-state index contributed by atoms with van der Waals surface area (Å²) < 4.78 is 29.9. The van der Waals surface area contributed by atoms with E-state index in [0.717, 1.165) is 0 Å². The summed E-state index contributed by atoms with van der Waals surface area (Å²) in [7, 11) is 0. The van der Waals surface area contributed by atoms with E-state index >= 15 is 0 Å². The van der Waals surface area contributed by atoms with Gasteiger partial charge >= 0.3 is 23.9 Å². The SMILES string of the molecule is CC(=O)OC[C@]12[C@H](OC(=O)c3ccccc3)[C@H](OC(C)=O)[C@@H]3[C@@H](OC(C)=O)[C@]1(OC3(C)C)[C@@](C)(O)CC[C@@H]2O. The molecule has 39 heavy (non-hydrogen) atoms. The Morgan fingerprint density at radius 2 is 1.54 bits per heavy atom. The lowest BCUT2D eigenvalue weighted by Gasteiger charge is -2.65. The Kier molecular flexibility index (Phi) is 7.33. The number of aliphatic hydroxyl groups is 2. The zero-order valence-electron chi connectivity index (χ0n) is 23.0. The molecule has 2 bridgehead atoms. The van der Waals surface area contributed by atoms with Crippen molar-refractivity contribution in [1.29, 1.82) is 0 Å². The maximum atomic E-state index is 13.5. The Morgan fingerprint density at radius 3 is 2.10 bits per heavy atom. The highest BCUT2D eigenvalue weighted by molar-refractivity contribution is 5.89. The lowest BCUT2D eigenvalue weighted by atomic mass is 9.46. The fourth-order valence-electron chi connectivity index (χ4n) is 7.09. The highest BCUT2D eigenvalue weighted by atomic mass is 16.6. The van der Waals surface area contributed by atoms with E-state index in [0.29, 0.717) is 0 Å². The maximum Gasteiger partial charge on any atom is 0.338 e. The van der Waals surface area contributed by atoms with Crippen LogP contribution in [0.3, 0.4) is 0 Å². The fourth-order valence-corrected chi connectivity index (χ4v) is 7.09. The molecule has 0 aromatic heterocycles. The number of hydrogen-bond acceptors (Lipinski definition) is 11. The number of fused-ring (bicyclic) bond motifs is 1. The molecule has 8 atom stereocenters. The zero-order valence-corrected chi connectivity index (χ0v) is 23.0. The lowest BCUT2D eigenvalue weighted by molar-refractivity contribution is -0.348. The predicted octanol–water partition coefficient (Wildman–Crippen LogP) is 1.71. The zero-order chi connectivity index (χ0) is 29.0. The average molecular weight is 549 g/mol. The van der Waals surface area contributed by atoms with Crippen LogP contribution in [0, 0.1) is 11.3 Å². The third kappa shape index (κ3) is 4.40. The molecule has 2 N–H and O–H groups in total. The molecule has 4 rings (SSSR count). The van der Waals surface area contributed by atoms with Gasteiger partial charge in [0.1, 0.15) is 29.8 Å². The summed E-state index contributed by atoms with van der Waals surface area (Å²) in [4.78, 5) is 50.5. The predicted molar refractivity (Wildman–Crippen MR) is 133 cm³/mol. The average Bonchev–Trinajstić information content (AvgIpc) is 3.03. The first-order valence-corrected chi connectivity index (χ1v) is 12.9. The highest BCUT2D eigenvalue weighted by Gasteiger charge is 2.86. The summed E-state index contributed by atoms with van der Waals surface area (Å²) in [5.74, 6) is -3.88. The number of esters is 4. The van der Waals surface area contributed by atoms with Crippen LogP contribution in [-0.4, -0.2) is 81.9 Å². The molecule has 11 heteroatoms. The number of hydrogen-bond donors (Lipinski definition) is 2. The Hall–Kier alpha value is -3.02. The van der Waals surface area contributed by atoms with E-state index in [-0.39, 0.29) is 18.4 Å². The summed E-state index contributed by atoms with van der Waals surface area (Å²) in [5.41, 5.74) is -6.70. The van der Waals surface area contributed by atoms with Crippen molar-refractivity contribution in [3.05, 3.63) is 35.9 Å². The van der Waals surface area contributed by atoms with Gasteiger partial charge in [0, 0.05) is 20.8 Å². The first-order valence-electron chi connectivity index (χ1n) is 12.9. The van der Waals surface area contributed by atoms with Crippen molar-refractivity contribution in [3.63, 3.8) is 0 Å². The number of benzene rings is 1. The van der Waals surface area contributed by atoms with Gasteiger partial charge < -0.3 is 33.9 Å². The smallest absolute Gasteiger partial charge is 0.338 e. The fraction of sp³-hybridized carbons (Fsp3) is 0.643. The number of aliphatic hydroxyl groups excluding tert-OH is 1. The Morgan fingerprint density at radius 1 is 0.923 bits per heavy atom. The molecule has 0 amide bonds. The van der Waals surface area contributed by atoms with Gasteiger partial charge in [-0.05, 0) is 45.7 Å².